The number of phenols is 1. The largest absolute Gasteiger partial charge is 0.507 e. The Morgan fingerprint density at radius 3 is 2.40 bits per heavy atom. The van der Waals surface area contributed by atoms with E-state index in [1.54, 1.807) is 12.1 Å². The second-order valence-electron chi connectivity index (χ2n) is 4.29. The fourth-order valence-electron chi connectivity index (χ4n) is 1.72. The number of halogens is 2. The Balaban J connectivity index is 2.00. The minimum atomic E-state index is -0.309. The molecule has 0 aliphatic heterocycles. The summed E-state index contributed by atoms with van der Waals surface area (Å²) in [7, 11) is 0. The topological polar surface area (TPSA) is 49.3 Å². The van der Waals surface area contributed by atoms with Gasteiger partial charge in [0.25, 0.3) is 5.91 Å². The lowest BCUT2D eigenvalue weighted by Gasteiger charge is -2.07. The van der Waals surface area contributed by atoms with Gasteiger partial charge < -0.3 is 10.4 Å². The van der Waals surface area contributed by atoms with Gasteiger partial charge in [0.1, 0.15) is 5.75 Å². The van der Waals surface area contributed by atoms with Crippen LogP contribution in [0.2, 0.25) is 0 Å². The summed E-state index contributed by atoms with van der Waals surface area (Å²) in [6.45, 7) is 0.400. The van der Waals surface area contributed by atoms with Crippen LogP contribution >= 0.6 is 27.5 Å². The van der Waals surface area contributed by atoms with Crippen molar-refractivity contribution in [3.05, 3.63) is 63.6 Å². The number of carbonyl (C=O) groups is 1. The number of hydrogen-bond donors (Lipinski definition) is 2. The molecular weight excluding hydrogens is 342 g/mol. The summed E-state index contributed by atoms with van der Waals surface area (Å²) in [5, 5.41) is 12.5. The van der Waals surface area contributed by atoms with Crippen LogP contribution in [0.5, 0.6) is 5.75 Å². The van der Waals surface area contributed by atoms with Crippen LogP contribution in [0.4, 0.5) is 0 Å². The fraction of sp³-hybridized carbons (Fsp3) is 0.133. The Morgan fingerprint density at radius 1 is 1.15 bits per heavy atom. The quantitative estimate of drug-likeness (QED) is 0.820. The number of amides is 1. The second kappa shape index (κ2) is 6.77. The zero-order chi connectivity index (χ0) is 14.5. The Hall–Kier alpha value is -1.52. The van der Waals surface area contributed by atoms with E-state index in [2.05, 4.69) is 21.2 Å². The molecule has 5 heteroatoms. The molecule has 0 aromatic heterocycles. The van der Waals surface area contributed by atoms with Crippen LogP contribution < -0.4 is 5.32 Å². The van der Waals surface area contributed by atoms with E-state index in [1.807, 2.05) is 24.3 Å². The third-order valence-electron chi connectivity index (χ3n) is 2.83. The van der Waals surface area contributed by atoms with Gasteiger partial charge in [-0.25, -0.2) is 0 Å². The molecule has 0 unspecified atom stereocenters. The normalized spacial score (nSPS) is 10.3. The molecule has 0 aliphatic carbocycles. The molecule has 2 aromatic rings. The van der Waals surface area contributed by atoms with E-state index in [-0.39, 0.29) is 17.2 Å². The molecule has 0 aliphatic rings. The maximum atomic E-state index is 12.0. The van der Waals surface area contributed by atoms with Crippen LogP contribution in [0.15, 0.2) is 46.9 Å². The summed E-state index contributed by atoms with van der Waals surface area (Å²) in [4.78, 5) is 12.0. The van der Waals surface area contributed by atoms with Gasteiger partial charge in [0, 0.05) is 16.9 Å². The third-order valence-corrected chi connectivity index (χ3v) is 3.64. The third kappa shape index (κ3) is 3.74. The number of carbonyl (C=O) groups excluding carboxylic acids is 1. The summed E-state index contributed by atoms with van der Waals surface area (Å²) >= 11 is 8.95. The minimum Gasteiger partial charge on any atom is -0.507 e. The standard InChI is InChI=1S/C15H13BrClNO2/c16-12-5-6-13(14(19)7-12)15(20)18-9-11-3-1-10(8-17)2-4-11/h1-7,19H,8-9H2,(H,18,20). The molecule has 0 saturated carbocycles. The van der Waals surface area contributed by atoms with E-state index in [1.165, 1.54) is 6.07 Å². The van der Waals surface area contributed by atoms with Crippen LogP contribution in [-0.2, 0) is 12.4 Å². The fourth-order valence-corrected chi connectivity index (χ4v) is 2.25. The van der Waals surface area contributed by atoms with Crippen LogP contribution in [-0.4, -0.2) is 11.0 Å². The molecule has 20 heavy (non-hydrogen) atoms. The van der Waals surface area contributed by atoms with Crippen molar-refractivity contribution in [2.75, 3.05) is 0 Å². The smallest absolute Gasteiger partial charge is 0.255 e. The van der Waals surface area contributed by atoms with Gasteiger partial charge in [-0.05, 0) is 29.3 Å². The number of phenolic OH excluding ortho intramolecular Hbond substituents is 1. The first-order chi connectivity index (χ1) is 9.60. The summed E-state index contributed by atoms with van der Waals surface area (Å²) in [6, 6.07) is 12.5. The highest BCUT2D eigenvalue weighted by molar-refractivity contribution is 9.10. The van der Waals surface area contributed by atoms with Crippen molar-refractivity contribution in [3.8, 4) is 5.75 Å². The summed E-state index contributed by atoms with van der Waals surface area (Å²) in [5.41, 5.74) is 2.27. The monoisotopic (exact) mass is 353 g/mol. The first-order valence-corrected chi connectivity index (χ1v) is 7.33. The van der Waals surface area contributed by atoms with Crippen molar-refractivity contribution in [2.24, 2.45) is 0 Å². The minimum absolute atomic E-state index is 0.0469. The summed E-state index contributed by atoms with van der Waals surface area (Å²) in [6.07, 6.45) is 0. The molecule has 0 spiro atoms. The van der Waals surface area contributed by atoms with Crippen molar-refractivity contribution in [1.29, 1.82) is 0 Å². The average Bonchev–Trinajstić information content (AvgIpc) is 2.45. The Morgan fingerprint density at radius 2 is 1.80 bits per heavy atom. The number of nitrogens with one attached hydrogen (secondary N) is 1. The van der Waals surface area contributed by atoms with Crippen molar-refractivity contribution < 1.29 is 9.90 Å². The summed E-state index contributed by atoms with van der Waals surface area (Å²) < 4.78 is 0.725. The maximum absolute atomic E-state index is 12.0. The average molecular weight is 355 g/mol. The molecule has 1 amide bonds. The van der Waals surface area contributed by atoms with Gasteiger partial charge in [-0.1, -0.05) is 40.2 Å². The molecule has 2 rings (SSSR count). The van der Waals surface area contributed by atoms with Gasteiger partial charge in [0.2, 0.25) is 0 Å². The van der Waals surface area contributed by atoms with Gasteiger partial charge in [0.15, 0.2) is 0 Å². The lowest BCUT2D eigenvalue weighted by Crippen LogP contribution is -2.22. The van der Waals surface area contributed by atoms with Gasteiger partial charge >= 0.3 is 0 Å². The highest BCUT2D eigenvalue weighted by Crippen LogP contribution is 2.22. The highest BCUT2D eigenvalue weighted by atomic mass is 79.9. The van der Waals surface area contributed by atoms with Gasteiger partial charge in [0.05, 0.1) is 5.56 Å². The van der Waals surface area contributed by atoms with Crippen molar-refractivity contribution in [3.63, 3.8) is 0 Å². The molecule has 3 nitrogen and oxygen atoms in total. The van der Waals surface area contributed by atoms with Gasteiger partial charge in [-0.2, -0.15) is 0 Å². The molecule has 0 radical (unpaired) electrons. The first-order valence-electron chi connectivity index (χ1n) is 6.00. The molecule has 2 aromatic carbocycles. The molecule has 0 fully saturated rings. The van der Waals surface area contributed by atoms with Crippen LogP contribution in [0.1, 0.15) is 21.5 Å². The number of hydrogen-bond acceptors (Lipinski definition) is 2. The van der Waals surface area contributed by atoms with Crippen LogP contribution in [0.3, 0.4) is 0 Å². The van der Waals surface area contributed by atoms with Crippen LogP contribution in [0.25, 0.3) is 0 Å². The zero-order valence-electron chi connectivity index (χ0n) is 10.6. The molecule has 0 bridgehead atoms. The predicted octanol–water partition coefficient (Wildman–Crippen LogP) is 3.82. The first kappa shape index (κ1) is 14.9. The molecule has 0 heterocycles. The van der Waals surface area contributed by atoms with Gasteiger partial charge in [-0.15, -0.1) is 11.6 Å². The van der Waals surface area contributed by atoms with Crippen molar-refractivity contribution in [1.82, 2.24) is 5.32 Å². The molecule has 104 valence electrons. The SMILES string of the molecule is O=C(NCc1ccc(CCl)cc1)c1ccc(Br)cc1O. The van der Waals surface area contributed by atoms with E-state index in [4.69, 9.17) is 11.6 Å². The predicted molar refractivity (Wildman–Crippen MR) is 83.0 cm³/mol. The Labute approximate surface area is 130 Å². The molecule has 2 N–H and O–H groups in total. The zero-order valence-corrected chi connectivity index (χ0v) is 12.9. The Kier molecular flexibility index (Phi) is 5.04. The molecule has 0 atom stereocenters. The van der Waals surface area contributed by atoms with E-state index in [0.717, 1.165) is 15.6 Å². The van der Waals surface area contributed by atoms with Crippen molar-refractivity contribution in [2.45, 2.75) is 12.4 Å². The number of alkyl halides is 1. The molecule has 0 saturated heterocycles. The van der Waals surface area contributed by atoms with E-state index < -0.39 is 0 Å². The van der Waals surface area contributed by atoms with E-state index >= 15 is 0 Å². The lowest BCUT2D eigenvalue weighted by atomic mass is 10.1. The van der Waals surface area contributed by atoms with Gasteiger partial charge in [-0.3, -0.25) is 4.79 Å². The second-order valence-corrected chi connectivity index (χ2v) is 5.48. The molecular formula is C15H13BrClNO2. The number of rotatable bonds is 4. The number of benzene rings is 2. The highest BCUT2D eigenvalue weighted by Gasteiger charge is 2.10. The Bertz CT molecular complexity index is 614. The maximum Gasteiger partial charge on any atom is 0.255 e. The lowest BCUT2D eigenvalue weighted by molar-refractivity contribution is 0.0948. The van der Waals surface area contributed by atoms with E-state index in [9.17, 15) is 9.90 Å². The van der Waals surface area contributed by atoms with E-state index in [0.29, 0.717) is 12.4 Å². The van der Waals surface area contributed by atoms with Crippen LogP contribution in [0, 0.1) is 0 Å². The summed E-state index contributed by atoms with van der Waals surface area (Å²) in [5.74, 6) is 0.116. The van der Waals surface area contributed by atoms with Crippen molar-refractivity contribution >= 4 is 33.4 Å². The number of aromatic hydroxyl groups is 1.